The van der Waals surface area contributed by atoms with Gasteiger partial charge < -0.3 is 0 Å². The predicted octanol–water partition coefficient (Wildman–Crippen LogP) is 2.06. The van der Waals surface area contributed by atoms with Gasteiger partial charge in [0.1, 0.15) is 22.0 Å². The highest BCUT2D eigenvalue weighted by molar-refractivity contribution is 8.00. The average molecular weight is 376 g/mol. The Labute approximate surface area is 155 Å². The van der Waals surface area contributed by atoms with Crippen molar-refractivity contribution in [3.8, 4) is 0 Å². The molecule has 0 spiro atoms. The molecular weight excluding hydrogens is 352 g/mol. The lowest BCUT2D eigenvalue weighted by molar-refractivity contribution is -0.119. The number of aryl methyl sites for hydroxylation is 1. The Balaban J connectivity index is 2.24. The fourth-order valence-corrected chi connectivity index (χ4v) is 4.55. The van der Waals surface area contributed by atoms with Crippen molar-refractivity contribution in [1.29, 1.82) is 0 Å². The van der Waals surface area contributed by atoms with E-state index in [9.17, 15) is 14.4 Å². The quantitative estimate of drug-likeness (QED) is 0.759. The Morgan fingerprint density at radius 3 is 2.58 bits per heavy atom. The van der Waals surface area contributed by atoms with Crippen LogP contribution in [-0.4, -0.2) is 30.1 Å². The van der Waals surface area contributed by atoms with Crippen LogP contribution in [0.5, 0.6) is 0 Å². The minimum absolute atomic E-state index is 0.184. The van der Waals surface area contributed by atoms with Crippen molar-refractivity contribution >= 4 is 28.6 Å². The molecule has 0 aliphatic heterocycles. The Hall–Kier alpha value is -1.96. The van der Waals surface area contributed by atoms with Gasteiger partial charge in [0.05, 0.1) is 5.25 Å². The average Bonchev–Trinajstić information content (AvgIpc) is 2.58. The summed E-state index contributed by atoms with van der Waals surface area (Å²) in [5.41, 5.74) is -0.417. The molecule has 0 saturated heterocycles. The maximum Gasteiger partial charge on any atom is 0.332 e. The lowest BCUT2D eigenvalue weighted by Gasteiger charge is -2.20. The lowest BCUT2D eigenvalue weighted by Crippen LogP contribution is -2.39. The largest absolute Gasteiger partial charge is 0.332 e. The molecule has 1 fully saturated rings. The second-order valence-corrected chi connectivity index (χ2v) is 8.44. The minimum Gasteiger partial charge on any atom is -0.298 e. The molecule has 0 radical (unpaired) electrons. The number of rotatable bonds is 4. The maximum atomic E-state index is 12.8. The Bertz CT molecular complexity index is 977. The van der Waals surface area contributed by atoms with E-state index in [1.807, 2.05) is 13.8 Å². The number of ketones is 1. The summed E-state index contributed by atoms with van der Waals surface area (Å²) < 4.78 is 2.65. The van der Waals surface area contributed by atoms with Crippen molar-refractivity contribution < 1.29 is 4.79 Å². The van der Waals surface area contributed by atoms with Crippen molar-refractivity contribution in [2.75, 3.05) is 0 Å². The number of carbonyl (C=O) groups is 1. The van der Waals surface area contributed by atoms with E-state index in [2.05, 4.69) is 9.97 Å². The number of carbonyl (C=O) groups excluding carboxylic acids is 1. The standard InChI is InChI=1S/C18H24N4O3S/c1-10(2)9-22-15-14(17(24)21(4)18(22)25)16(20-11(3)19-15)26-13-8-6-5-7-12(13)23/h10,13H,5-9H2,1-4H3. The second kappa shape index (κ2) is 7.34. The lowest BCUT2D eigenvalue weighted by atomic mass is 9.99. The smallest absolute Gasteiger partial charge is 0.298 e. The van der Waals surface area contributed by atoms with Crippen LogP contribution in [0.3, 0.4) is 0 Å². The van der Waals surface area contributed by atoms with Crippen molar-refractivity contribution in [2.45, 2.75) is 63.3 Å². The maximum absolute atomic E-state index is 12.8. The summed E-state index contributed by atoms with van der Waals surface area (Å²) in [6.07, 6.45) is 3.30. The van der Waals surface area contributed by atoms with Crippen molar-refractivity contribution in [3.63, 3.8) is 0 Å². The molecule has 1 aliphatic rings. The third-order valence-electron chi connectivity index (χ3n) is 4.56. The van der Waals surface area contributed by atoms with Gasteiger partial charge in [-0.2, -0.15) is 0 Å². The third kappa shape index (κ3) is 3.47. The van der Waals surface area contributed by atoms with Crippen LogP contribution in [0.4, 0.5) is 0 Å². The normalized spacial score (nSPS) is 18.0. The highest BCUT2D eigenvalue weighted by Crippen LogP contribution is 2.33. The highest BCUT2D eigenvalue weighted by Gasteiger charge is 2.26. The fourth-order valence-electron chi connectivity index (χ4n) is 3.27. The van der Waals surface area contributed by atoms with E-state index in [0.29, 0.717) is 34.8 Å². The summed E-state index contributed by atoms with van der Waals surface area (Å²) >= 11 is 1.34. The van der Waals surface area contributed by atoms with Gasteiger partial charge in [0, 0.05) is 20.0 Å². The first-order valence-corrected chi connectivity index (χ1v) is 9.85. The Morgan fingerprint density at radius 2 is 1.92 bits per heavy atom. The number of fused-ring (bicyclic) bond motifs is 1. The zero-order valence-electron chi connectivity index (χ0n) is 15.6. The van der Waals surface area contributed by atoms with E-state index in [4.69, 9.17) is 0 Å². The van der Waals surface area contributed by atoms with Crippen molar-refractivity contribution in [2.24, 2.45) is 13.0 Å². The highest BCUT2D eigenvalue weighted by atomic mass is 32.2. The van der Waals surface area contributed by atoms with E-state index in [1.165, 1.54) is 18.8 Å². The SMILES string of the molecule is Cc1nc(SC2CCCCC2=O)c2c(=O)n(C)c(=O)n(CC(C)C)c2n1. The van der Waals surface area contributed by atoms with Crippen LogP contribution in [-0.2, 0) is 18.4 Å². The van der Waals surface area contributed by atoms with Crippen LogP contribution >= 0.6 is 11.8 Å². The number of Topliss-reactive ketones (excluding diaryl/α,β-unsaturated/α-hetero) is 1. The molecule has 140 valence electrons. The molecule has 3 rings (SSSR count). The topological polar surface area (TPSA) is 86.9 Å². The van der Waals surface area contributed by atoms with Gasteiger partial charge in [0.15, 0.2) is 5.65 Å². The van der Waals surface area contributed by atoms with Crippen LogP contribution in [0.1, 0.15) is 45.4 Å². The zero-order chi connectivity index (χ0) is 19.0. The summed E-state index contributed by atoms with van der Waals surface area (Å²) in [5, 5.41) is 0.656. The first-order valence-electron chi connectivity index (χ1n) is 8.97. The summed E-state index contributed by atoms with van der Waals surface area (Å²) in [4.78, 5) is 46.5. The molecule has 0 N–H and O–H groups in total. The number of thioether (sulfide) groups is 1. The molecule has 7 nitrogen and oxygen atoms in total. The number of nitrogens with zero attached hydrogens (tertiary/aromatic N) is 4. The number of hydrogen-bond donors (Lipinski definition) is 0. The molecule has 2 heterocycles. The van der Waals surface area contributed by atoms with Gasteiger partial charge in [0.2, 0.25) is 0 Å². The molecule has 1 atom stereocenters. The number of hydrogen-bond acceptors (Lipinski definition) is 6. The van der Waals surface area contributed by atoms with Gasteiger partial charge in [-0.25, -0.2) is 14.8 Å². The van der Waals surface area contributed by atoms with E-state index in [0.717, 1.165) is 23.8 Å². The molecule has 1 unspecified atom stereocenters. The molecule has 0 aromatic carbocycles. The van der Waals surface area contributed by atoms with Crippen molar-refractivity contribution in [3.05, 3.63) is 26.7 Å². The summed E-state index contributed by atoms with van der Waals surface area (Å²) in [6.45, 7) is 6.22. The summed E-state index contributed by atoms with van der Waals surface area (Å²) in [6, 6.07) is 0. The molecule has 0 bridgehead atoms. The third-order valence-corrected chi connectivity index (χ3v) is 5.86. The summed E-state index contributed by atoms with van der Waals surface area (Å²) in [7, 11) is 1.47. The molecule has 1 saturated carbocycles. The van der Waals surface area contributed by atoms with Gasteiger partial charge in [0.25, 0.3) is 5.56 Å². The van der Waals surface area contributed by atoms with Gasteiger partial charge in [-0.1, -0.05) is 32.0 Å². The first-order chi connectivity index (χ1) is 12.3. The van der Waals surface area contributed by atoms with E-state index < -0.39 is 5.56 Å². The first kappa shape index (κ1) is 18.8. The van der Waals surface area contributed by atoms with Crippen LogP contribution < -0.4 is 11.2 Å². The molecule has 2 aromatic rings. The monoisotopic (exact) mass is 376 g/mol. The molecule has 26 heavy (non-hydrogen) atoms. The van der Waals surface area contributed by atoms with E-state index in [1.54, 1.807) is 11.5 Å². The van der Waals surface area contributed by atoms with E-state index in [-0.39, 0.29) is 22.6 Å². The second-order valence-electron chi connectivity index (χ2n) is 7.24. The van der Waals surface area contributed by atoms with Crippen LogP contribution in [0.15, 0.2) is 14.6 Å². The Morgan fingerprint density at radius 1 is 1.19 bits per heavy atom. The molecule has 2 aromatic heterocycles. The number of aromatic nitrogens is 4. The van der Waals surface area contributed by atoms with Gasteiger partial charge >= 0.3 is 5.69 Å². The minimum atomic E-state index is -0.407. The van der Waals surface area contributed by atoms with Crippen LogP contribution in [0, 0.1) is 12.8 Å². The van der Waals surface area contributed by atoms with Gasteiger partial charge in [-0.3, -0.25) is 18.7 Å². The predicted molar refractivity (Wildman–Crippen MR) is 102 cm³/mol. The van der Waals surface area contributed by atoms with Gasteiger partial charge in [-0.05, 0) is 25.7 Å². The molecule has 8 heteroatoms. The van der Waals surface area contributed by atoms with Crippen molar-refractivity contribution in [1.82, 2.24) is 19.1 Å². The van der Waals surface area contributed by atoms with Gasteiger partial charge in [-0.15, -0.1) is 0 Å². The van der Waals surface area contributed by atoms with E-state index >= 15 is 0 Å². The summed E-state index contributed by atoms with van der Waals surface area (Å²) in [5.74, 6) is 0.922. The van der Waals surface area contributed by atoms with Crippen LogP contribution in [0.25, 0.3) is 11.0 Å². The molecular formula is C18H24N4O3S. The zero-order valence-corrected chi connectivity index (χ0v) is 16.4. The fraction of sp³-hybridized carbons (Fsp3) is 0.611. The molecule has 1 aliphatic carbocycles. The van der Waals surface area contributed by atoms with Crippen LogP contribution in [0.2, 0.25) is 0 Å². The Kier molecular flexibility index (Phi) is 5.32. The molecule has 0 amide bonds.